The number of hydrogen-bond acceptors (Lipinski definition) is 9. The molecule has 0 spiro atoms. The quantitative estimate of drug-likeness (QED) is 0.294. The lowest BCUT2D eigenvalue weighted by atomic mass is 9.70. The summed E-state index contributed by atoms with van der Waals surface area (Å²) in [6, 6.07) is 17.8. The number of ether oxygens (including phenoxy) is 3. The third kappa shape index (κ3) is 5.38. The summed E-state index contributed by atoms with van der Waals surface area (Å²) in [6.45, 7) is 3.09. The van der Waals surface area contributed by atoms with Crippen LogP contribution in [0.3, 0.4) is 0 Å². The van der Waals surface area contributed by atoms with Gasteiger partial charge in [-0.05, 0) is 53.1 Å². The van der Waals surface area contributed by atoms with Crippen LogP contribution in [0, 0.1) is 0 Å². The SMILES string of the molecule is CC(=O)Oc1ccc(C2(c3ccc(OC(C)=O)cc3)C(=O)Nc3ccc(C(OC(C)=O)C(O)CO)cc32)cc1. The first-order chi connectivity index (χ1) is 18.6. The van der Waals surface area contributed by atoms with Crippen LogP contribution in [0.5, 0.6) is 11.5 Å². The minimum atomic E-state index is -1.43. The van der Waals surface area contributed by atoms with Crippen LogP contribution in [0.4, 0.5) is 5.69 Å². The van der Waals surface area contributed by atoms with Crippen molar-refractivity contribution >= 4 is 29.5 Å². The molecule has 0 fully saturated rings. The summed E-state index contributed by atoms with van der Waals surface area (Å²) in [5.41, 5.74) is 0.960. The molecule has 10 nitrogen and oxygen atoms in total. The molecule has 39 heavy (non-hydrogen) atoms. The number of fused-ring (bicyclic) bond motifs is 1. The van der Waals surface area contributed by atoms with E-state index >= 15 is 0 Å². The van der Waals surface area contributed by atoms with E-state index in [1.807, 2.05) is 0 Å². The number of carbonyl (C=O) groups is 4. The van der Waals surface area contributed by atoms with Crippen molar-refractivity contribution in [3.63, 3.8) is 0 Å². The standard InChI is InChI=1S/C29H27NO9/c1-16(32)37-22-9-5-20(6-10-22)29(21-7-11-23(12-8-21)38-17(2)33)24-14-19(4-13-25(24)30-28(29)36)27(26(35)15-31)39-18(3)34/h4-14,26-27,31,35H,15H2,1-3H3,(H,30,36). The van der Waals surface area contributed by atoms with Gasteiger partial charge in [0.15, 0.2) is 6.10 Å². The second kappa shape index (κ2) is 11.1. The van der Waals surface area contributed by atoms with Crippen molar-refractivity contribution in [2.45, 2.75) is 38.4 Å². The average molecular weight is 534 g/mol. The van der Waals surface area contributed by atoms with Crippen LogP contribution in [-0.4, -0.2) is 46.7 Å². The van der Waals surface area contributed by atoms with E-state index in [9.17, 15) is 29.4 Å². The Kier molecular flexibility index (Phi) is 7.80. The number of carbonyl (C=O) groups excluding carboxylic acids is 4. The van der Waals surface area contributed by atoms with Crippen molar-refractivity contribution in [3.05, 3.63) is 89.0 Å². The predicted octanol–water partition coefficient (Wildman–Crippen LogP) is 2.78. The third-order valence-corrected chi connectivity index (χ3v) is 6.29. The zero-order valence-corrected chi connectivity index (χ0v) is 21.5. The van der Waals surface area contributed by atoms with Gasteiger partial charge in [-0.25, -0.2) is 0 Å². The number of benzene rings is 3. The smallest absolute Gasteiger partial charge is 0.308 e. The summed E-state index contributed by atoms with van der Waals surface area (Å²) in [5.74, 6) is -1.45. The molecule has 10 heteroatoms. The van der Waals surface area contributed by atoms with Crippen LogP contribution >= 0.6 is 0 Å². The molecular formula is C29H27NO9. The second-order valence-corrected chi connectivity index (χ2v) is 9.03. The van der Waals surface area contributed by atoms with Gasteiger partial charge in [-0.3, -0.25) is 19.2 Å². The molecule has 3 aromatic rings. The highest BCUT2D eigenvalue weighted by Crippen LogP contribution is 2.49. The molecule has 0 saturated carbocycles. The number of rotatable bonds is 8. The Labute approximate surface area is 224 Å². The largest absolute Gasteiger partial charge is 0.455 e. The Bertz CT molecular complexity index is 1350. The van der Waals surface area contributed by atoms with Crippen LogP contribution in [0.15, 0.2) is 66.7 Å². The van der Waals surface area contributed by atoms with Crippen molar-refractivity contribution in [3.8, 4) is 11.5 Å². The molecule has 1 aliphatic rings. The lowest BCUT2D eigenvalue weighted by Crippen LogP contribution is -2.37. The number of amides is 1. The summed E-state index contributed by atoms with van der Waals surface area (Å²) in [4.78, 5) is 48.5. The van der Waals surface area contributed by atoms with Crippen molar-refractivity contribution in [2.24, 2.45) is 0 Å². The maximum atomic E-state index is 13.9. The van der Waals surface area contributed by atoms with Crippen LogP contribution < -0.4 is 14.8 Å². The second-order valence-electron chi connectivity index (χ2n) is 9.03. The fourth-order valence-corrected chi connectivity index (χ4v) is 4.76. The maximum absolute atomic E-state index is 13.9. The summed E-state index contributed by atoms with van der Waals surface area (Å²) in [5, 5.41) is 22.9. The van der Waals surface area contributed by atoms with E-state index in [1.165, 1.54) is 20.8 Å². The number of aliphatic hydroxyl groups is 2. The molecule has 0 bridgehead atoms. The Morgan fingerprint density at radius 2 is 1.33 bits per heavy atom. The van der Waals surface area contributed by atoms with Crippen LogP contribution in [-0.2, 0) is 29.3 Å². The van der Waals surface area contributed by atoms with E-state index < -0.39 is 42.1 Å². The van der Waals surface area contributed by atoms with Gasteiger partial charge in [0, 0.05) is 32.0 Å². The van der Waals surface area contributed by atoms with E-state index in [0.29, 0.717) is 39.4 Å². The van der Waals surface area contributed by atoms with Crippen LogP contribution in [0.25, 0.3) is 0 Å². The van der Waals surface area contributed by atoms with Gasteiger partial charge in [0.2, 0.25) is 5.91 Å². The lowest BCUT2D eigenvalue weighted by molar-refractivity contribution is -0.154. The first-order valence-electron chi connectivity index (χ1n) is 12.1. The molecule has 2 unspecified atom stereocenters. The molecule has 1 heterocycles. The molecule has 0 aliphatic carbocycles. The highest BCUT2D eigenvalue weighted by atomic mass is 16.6. The molecule has 1 amide bonds. The van der Waals surface area contributed by atoms with Gasteiger partial charge in [0.05, 0.1) is 6.61 Å². The van der Waals surface area contributed by atoms with E-state index in [2.05, 4.69) is 5.32 Å². The highest BCUT2D eigenvalue weighted by molar-refractivity contribution is 6.11. The van der Waals surface area contributed by atoms with Crippen molar-refractivity contribution in [1.29, 1.82) is 0 Å². The van der Waals surface area contributed by atoms with Gasteiger partial charge >= 0.3 is 17.9 Å². The van der Waals surface area contributed by atoms with E-state index in [0.717, 1.165) is 0 Å². The topological polar surface area (TPSA) is 148 Å². The molecule has 0 radical (unpaired) electrons. The van der Waals surface area contributed by atoms with Gasteiger partial charge in [-0.1, -0.05) is 30.3 Å². The number of esters is 3. The first kappa shape index (κ1) is 27.5. The monoisotopic (exact) mass is 533 g/mol. The van der Waals surface area contributed by atoms with E-state index in [4.69, 9.17) is 14.2 Å². The highest BCUT2D eigenvalue weighted by Gasteiger charge is 2.50. The maximum Gasteiger partial charge on any atom is 0.308 e. The third-order valence-electron chi connectivity index (χ3n) is 6.29. The minimum absolute atomic E-state index is 0.292. The van der Waals surface area contributed by atoms with Crippen molar-refractivity contribution < 1.29 is 43.6 Å². The molecule has 202 valence electrons. The van der Waals surface area contributed by atoms with Gasteiger partial charge < -0.3 is 29.7 Å². The van der Waals surface area contributed by atoms with Gasteiger partial charge in [-0.15, -0.1) is 0 Å². The molecular weight excluding hydrogens is 506 g/mol. The molecule has 3 N–H and O–H groups in total. The predicted molar refractivity (Wildman–Crippen MR) is 138 cm³/mol. The van der Waals surface area contributed by atoms with Gasteiger partial charge in [0.25, 0.3) is 0 Å². The summed E-state index contributed by atoms with van der Waals surface area (Å²) < 4.78 is 15.6. The normalized spacial score (nSPS) is 14.9. The van der Waals surface area contributed by atoms with Crippen molar-refractivity contribution in [2.75, 3.05) is 11.9 Å². The van der Waals surface area contributed by atoms with Gasteiger partial charge in [-0.2, -0.15) is 0 Å². The molecule has 0 saturated heterocycles. The number of nitrogens with one attached hydrogen (secondary N) is 1. The van der Waals surface area contributed by atoms with Crippen molar-refractivity contribution in [1.82, 2.24) is 0 Å². The van der Waals surface area contributed by atoms with Crippen LogP contribution in [0.1, 0.15) is 49.1 Å². The summed E-state index contributed by atoms with van der Waals surface area (Å²) in [7, 11) is 0. The molecule has 4 rings (SSSR count). The molecule has 1 aliphatic heterocycles. The number of hydrogen-bond donors (Lipinski definition) is 3. The fraction of sp³-hybridized carbons (Fsp3) is 0.241. The molecule has 2 atom stereocenters. The van der Waals surface area contributed by atoms with Gasteiger partial charge in [0.1, 0.15) is 23.0 Å². The average Bonchev–Trinajstić information content (AvgIpc) is 3.18. The molecule has 0 aromatic heterocycles. The number of aliphatic hydroxyl groups excluding tert-OH is 2. The Morgan fingerprint density at radius 1 is 0.821 bits per heavy atom. The fourth-order valence-electron chi connectivity index (χ4n) is 4.76. The zero-order chi connectivity index (χ0) is 28.3. The summed E-state index contributed by atoms with van der Waals surface area (Å²) >= 11 is 0. The number of anilines is 1. The lowest BCUT2D eigenvalue weighted by Gasteiger charge is -2.30. The Morgan fingerprint density at radius 3 is 1.77 bits per heavy atom. The van der Waals surface area contributed by atoms with E-state index in [1.54, 1.807) is 66.7 Å². The molecule has 3 aromatic carbocycles. The Balaban J connectivity index is 1.93. The summed E-state index contributed by atoms with van der Waals surface area (Å²) in [6.07, 6.45) is -2.60. The Hall–Kier alpha value is -4.54. The first-order valence-corrected chi connectivity index (χ1v) is 12.1. The van der Waals surface area contributed by atoms with E-state index in [-0.39, 0.29) is 5.91 Å². The minimum Gasteiger partial charge on any atom is -0.455 e. The van der Waals surface area contributed by atoms with Crippen LogP contribution in [0.2, 0.25) is 0 Å². The zero-order valence-electron chi connectivity index (χ0n) is 21.5.